The summed E-state index contributed by atoms with van der Waals surface area (Å²) in [5, 5.41) is 14.3. The Hall–Kier alpha value is -1.53. The lowest BCUT2D eigenvalue weighted by Gasteiger charge is -2.13. The first kappa shape index (κ1) is 14.9. The van der Waals surface area contributed by atoms with Gasteiger partial charge in [-0.2, -0.15) is 18.3 Å². The summed E-state index contributed by atoms with van der Waals surface area (Å²) in [6.45, 7) is 0. The Morgan fingerprint density at radius 3 is 2.35 bits per heavy atom. The van der Waals surface area contributed by atoms with Crippen LogP contribution in [0.1, 0.15) is 22.9 Å². The Balaban J connectivity index is 2.15. The predicted molar refractivity (Wildman–Crippen MR) is 68.3 cm³/mol. The van der Waals surface area contributed by atoms with Crippen LogP contribution in [0.4, 0.5) is 13.2 Å². The summed E-state index contributed by atoms with van der Waals surface area (Å²) >= 11 is 5.90. The molecule has 7 heteroatoms. The fourth-order valence-corrected chi connectivity index (χ4v) is 2.24. The molecule has 1 N–H and O–H groups in total. The van der Waals surface area contributed by atoms with E-state index in [1.54, 1.807) is 7.05 Å². The van der Waals surface area contributed by atoms with Crippen LogP contribution < -0.4 is 0 Å². The fraction of sp³-hybridized carbons (Fsp3) is 0.308. The van der Waals surface area contributed by atoms with Crippen LogP contribution in [0.5, 0.6) is 0 Å². The Labute approximate surface area is 118 Å². The number of benzene rings is 1. The summed E-state index contributed by atoms with van der Waals surface area (Å²) in [4.78, 5) is 0. The standard InChI is InChI=1S/C13H12ClF3N2O/c1-19-12(10(14)7-18-19)11(20)6-8-2-4-9(5-3-8)13(15,16)17/h2-5,7,11,20H,6H2,1H3. The van der Waals surface area contributed by atoms with Gasteiger partial charge in [-0.05, 0) is 17.7 Å². The van der Waals surface area contributed by atoms with E-state index in [4.69, 9.17) is 11.6 Å². The van der Waals surface area contributed by atoms with Gasteiger partial charge in [0.05, 0.1) is 22.5 Å². The van der Waals surface area contributed by atoms with Crippen LogP contribution in [-0.4, -0.2) is 14.9 Å². The number of aliphatic hydroxyl groups excluding tert-OH is 1. The highest BCUT2D eigenvalue weighted by Gasteiger charge is 2.30. The van der Waals surface area contributed by atoms with Crippen LogP contribution in [0.2, 0.25) is 5.02 Å². The topological polar surface area (TPSA) is 38.0 Å². The number of hydrogen-bond donors (Lipinski definition) is 1. The largest absolute Gasteiger partial charge is 0.416 e. The van der Waals surface area contributed by atoms with Gasteiger partial charge >= 0.3 is 6.18 Å². The van der Waals surface area contributed by atoms with Gasteiger partial charge in [0.1, 0.15) is 6.10 Å². The lowest BCUT2D eigenvalue weighted by Crippen LogP contribution is -2.09. The van der Waals surface area contributed by atoms with Crippen molar-refractivity contribution in [3.8, 4) is 0 Å². The molecular formula is C13H12ClF3N2O. The molecule has 108 valence electrons. The van der Waals surface area contributed by atoms with Crippen LogP contribution in [0.3, 0.4) is 0 Å². The second kappa shape index (κ2) is 5.46. The lowest BCUT2D eigenvalue weighted by molar-refractivity contribution is -0.137. The molecule has 0 bridgehead atoms. The molecule has 0 saturated carbocycles. The molecule has 0 amide bonds. The molecule has 1 aromatic heterocycles. The van der Waals surface area contributed by atoms with E-state index in [0.717, 1.165) is 12.1 Å². The number of aromatic nitrogens is 2. The van der Waals surface area contributed by atoms with Crippen molar-refractivity contribution in [3.05, 3.63) is 52.3 Å². The van der Waals surface area contributed by atoms with Crippen LogP contribution in [0, 0.1) is 0 Å². The minimum Gasteiger partial charge on any atom is -0.386 e. The molecule has 0 radical (unpaired) electrons. The molecule has 2 rings (SSSR count). The van der Waals surface area contributed by atoms with Crippen LogP contribution in [-0.2, 0) is 19.6 Å². The molecule has 0 aliphatic rings. The Kier molecular flexibility index (Phi) is 4.06. The maximum Gasteiger partial charge on any atom is 0.416 e. The van der Waals surface area contributed by atoms with Crippen LogP contribution >= 0.6 is 11.6 Å². The van der Waals surface area contributed by atoms with Crippen molar-refractivity contribution in [2.75, 3.05) is 0 Å². The van der Waals surface area contributed by atoms with Crippen molar-refractivity contribution in [2.24, 2.45) is 7.05 Å². The van der Waals surface area contributed by atoms with Gasteiger partial charge in [0.2, 0.25) is 0 Å². The van der Waals surface area contributed by atoms with Gasteiger partial charge in [0.25, 0.3) is 0 Å². The highest BCUT2D eigenvalue weighted by molar-refractivity contribution is 6.31. The molecule has 1 aromatic carbocycles. The fourth-order valence-electron chi connectivity index (χ4n) is 1.94. The first-order valence-corrected chi connectivity index (χ1v) is 6.18. The zero-order valence-electron chi connectivity index (χ0n) is 10.5. The summed E-state index contributed by atoms with van der Waals surface area (Å²) in [5.41, 5.74) is 0.309. The molecule has 0 spiro atoms. The van der Waals surface area contributed by atoms with Crippen molar-refractivity contribution in [2.45, 2.75) is 18.7 Å². The van der Waals surface area contributed by atoms with E-state index in [9.17, 15) is 18.3 Å². The smallest absolute Gasteiger partial charge is 0.386 e. The van der Waals surface area contributed by atoms with E-state index < -0.39 is 17.8 Å². The molecule has 0 fully saturated rings. The molecular weight excluding hydrogens is 293 g/mol. The van der Waals surface area contributed by atoms with Crippen molar-refractivity contribution in [1.29, 1.82) is 0 Å². The Morgan fingerprint density at radius 2 is 1.90 bits per heavy atom. The van der Waals surface area contributed by atoms with Gasteiger partial charge in [-0.3, -0.25) is 4.68 Å². The molecule has 0 aliphatic carbocycles. The Bertz CT molecular complexity index is 573. The number of aliphatic hydroxyl groups is 1. The van der Waals surface area contributed by atoms with Crippen molar-refractivity contribution in [1.82, 2.24) is 9.78 Å². The second-order valence-corrected chi connectivity index (χ2v) is 4.82. The summed E-state index contributed by atoms with van der Waals surface area (Å²) in [6.07, 6.45) is -3.71. The minimum absolute atomic E-state index is 0.164. The summed E-state index contributed by atoms with van der Waals surface area (Å²) in [5.74, 6) is 0. The SMILES string of the molecule is Cn1ncc(Cl)c1C(O)Cc1ccc(C(F)(F)F)cc1. The quantitative estimate of drug-likeness (QED) is 0.944. The third-order valence-electron chi connectivity index (χ3n) is 2.96. The Morgan fingerprint density at radius 1 is 1.30 bits per heavy atom. The molecule has 1 atom stereocenters. The van der Waals surface area contributed by atoms with Gasteiger partial charge in [-0.25, -0.2) is 0 Å². The zero-order chi connectivity index (χ0) is 14.9. The molecule has 2 aromatic rings. The molecule has 20 heavy (non-hydrogen) atoms. The number of aryl methyl sites for hydroxylation is 1. The number of rotatable bonds is 3. The third-order valence-corrected chi connectivity index (χ3v) is 3.25. The first-order valence-electron chi connectivity index (χ1n) is 5.80. The molecule has 1 unspecified atom stereocenters. The molecule has 0 saturated heterocycles. The van der Waals surface area contributed by atoms with E-state index in [0.29, 0.717) is 16.3 Å². The van der Waals surface area contributed by atoms with E-state index in [2.05, 4.69) is 5.10 Å². The molecule has 0 aliphatic heterocycles. The average Bonchev–Trinajstić information content (AvgIpc) is 2.68. The van der Waals surface area contributed by atoms with Crippen molar-refractivity contribution in [3.63, 3.8) is 0 Å². The van der Waals surface area contributed by atoms with Gasteiger partial charge in [-0.15, -0.1) is 0 Å². The summed E-state index contributed by atoms with van der Waals surface area (Å²) in [6, 6.07) is 4.67. The van der Waals surface area contributed by atoms with Gasteiger partial charge in [0.15, 0.2) is 0 Å². The monoisotopic (exact) mass is 304 g/mol. The van der Waals surface area contributed by atoms with Crippen molar-refractivity contribution < 1.29 is 18.3 Å². The highest BCUT2D eigenvalue weighted by atomic mass is 35.5. The van der Waals surface area contributed by atoms with Crippen molar-refractivity contribution >= 4 is 11.6 Å². The second-order valence-electron chi connectivity index (χ2n) is 4.42. The summed E-state index contributed by atoms with van der Waals surface area (Å²) < 4.78 is 38.7. The zero-order valence-corrected chi connectivity index (χ0v) is 11.3. The maximum atomic E-state index is 12.4. The number of nitrogens with zero attached hydrogens (tertiary/aromatic N) is 2. The lowest BCUT2D eigenvalue weighted by atomic mass is 10.0. The number of alkyl halides is 3. The first-order chi connectivity index (χ1) is 9.29. The normalized spacial score (nSPS) is 13.5. The van der Waals surface area contributed by atoms with E-state index in [1.807, 2.05) is 0 Å². The third kappa shape index (κ3) is 3.13. The highest BCUT2D eigenvalue weighted by Crippen LogP contribution is 2.30. The maximum absolute atomic E-state index is 12.4. The van der Waals surface area contributed by atoms with Gasteiger partial charge in [-0.1, -0.05) is 23.7 Å². The van der Waals surface area contributed by atoms with Crippen LogP contribution in [0.15, 0.2) is 30.5 Å². The number of halogens is 4. The molecule has 1 heterocycles. The van der Waals surface area contributed by atoms with E-state index in [1.165, 1.54) is 23.0 Å². The summed E-state index contributed by atoms with van der Waals surface area (Å²) in [7, 11) is 1.64. The minimum atomic E-state index is -4.36. The van der Waals surface area contributed by atoms with Gasteiger partial charge < -0.3 is 5.11 Å². The van der Waals surface area contributed by atoms with E-state index >= 15 is 0 Å². The number of hydrogen-bond acceptors (Lipinski definition) is 2. The van der Waals surface area contributed by atoms with Crippen LogP contribution in [0.25, 0.3) is 0 Å². The van der Waals surface area contributed by atoms with E-state index in [-0.39, 0.29) is 6.42 Å². The van der Waals surface area contributed by atoms with Gasteiger partial charge in [0, 0.05) is 13.5 Å². The average molecular weight is 305 g/mol. The molecule has 3 nitrogen and oxygen atoms in total. The predicted octanol–water partition coefficient (Wildman–Crippen LogP) is 3.37.